The van der Waals surface area contributed by atoms with Crippen LogP contribution in [0.1, 0.15) is 17.4 Å². The first-order valence-corrected chi connectivity index (χ1v) is 3.46. The molecule has 0 aromatic heterocycles. The zero-order chi connectivity index (χ0) is 6.55. The molecule has 2 aliphatic rings. The summed E-state index contributed by atoms with van der Waals surface area (Å²) in [4.78, 5) is 5.21. The van der Waals surface area contributed by atoms with Crippen molar-refractivity contribution >= 4 is 0 Å². The average Bonchev–Trinajstić information content (AvgIpc) is 2.64. The standard InChI is InChI=1S/C8H7NO/c1-2-4-7-6(3-1)5-9-8(7)10-9/h1-4,8H,5H2. The lowest BCUT2D eigenvalue weighted by Gasteiger charge is -1.96. The minimum absolute atomic E-state index is 0.302. The first-order chi connectivity index (χ1) is 4.95. The van der Waals surface area contributed by atoms with E-state index in [0.717, 1.165) is 6.54 Å². The lowest BCUT2D eigenvalue weighted by Crippen LogP contribution is -1.89. The molecule has 2 aliphatic heterocycles. The Morgan fingerprint density at radius 2 is 2.30 bits per heavy atom. The van der Waals surface area contributed by atoms with E-state index in [4.69, 9.17) is 4.84 Å². The fourth-order valence-electron chi connectivity index (χ4n) is 1.52. The molecule has 1 aromatic rings. The maximum absolute atomic E-state index is 5.21. The number of fused-ring (bicyclic) bond motifs is 3. The van der Waals surface area contributed by atoms with E-state index in [2.05, 4.69) is 24.3 Å². The van der Waals surface area contributed by atoms with Gasteiger partial charge in [0.15, 0.2) is 6.23 Å². The van der Waals surface area contributed by atoms with Crippen molar-refractivity contribution < 1.29 is 4.84 Å². The van der Waals surface area contributed by atoms with Crippen LogP contribution < -0.4 is 0 Å². The molecule has 0 N–H and O–H groups in total. The quantitative estimate of drug-likeness (QED) is 0.498. The van der Waals surface area contributed by atoms with Crippen LogP contribution in [0.25, 0.3) is 0 Å². The highest BCUT2D eigenvalue weighted by atomic mass is 16.8. The molecule has 0 spiro atoms. The van der Waals surface area contributed by atoms with E-state index < -0.39 is 0 Å². The smallest absolute Gasteiger partial charge is 0.180 e. The van der Waals surface area contributed by atoms with Gasteiger partial charge in [-0.3, -0.25) is 4.84 Å². The van der Waals surface area contributed by atoms with Crippen molar-refractivity contribution in [1.29, 1.82) is 0 Å². The van der Waals surface area contributed by atoms with Gasteiger partial charge in [0.05, 0.1) is 6.54 Å². The van der Waals surface area contributed by atoms with Gasteiger partial charge in [-0.1, -0.05) is 24.3 Å². The van der Waals surface area contributed by atoms with Gasteiger partial charge in [0, 0.05) is 5.56 Å². The Morgan fingerprint density at radius 1 is 1.40 bits per heavy atom. The highest BCUT2D eigenvalue weighted by Crippen LogP contribution is 2.46. The Kier molecular flexibility index (Phi) is 0.689. The molecular formula is C8H7NO. The largest absolute Gasteiger partial charge is 0.270 e. The van der Waals surface area contributed by atoms with E-state index >= 15 is 0 Å². The van der Waals surface area contributed by atoms with E-state index in [1.165, 1.54) is 11.1 Å². The van der Waals surface area contributed by atoms with Crippen LogP contribution >= 0.6 is 0 Å². The van der Waals surface area contributed by atoms with Crippen molar-refractivity contribution in [3.63, 3.8) is 0 Å². The second-order valence-corrected chi connectivity index (χ2v) is 2.73. The predicted molar refractivity (Wildman–Crippen MR) is 35.8 cm³/mol. The van der Waals surface area contributed by atoms with Crippen molar-refractivity contribution in [1.82, 2.24) is 5.06 Å². The summed E-state index contributed by atoms with van der Waals surface area (Å²) in [6.45, 7) is 0.973. The van der Waals surface area contributed by atoms with Crippen molar-refractivity contribution in [2.45, 2.75) is 12.8 Å². The van der Waals surface area contributed by atoms with E-state index in [0.29, 0.717) is 6.23 Å². The number of rotatable bonds is 0. The second-order valence-electron chi connectivity index (χ2n) is 2.73. The van der Waals surface area contributed by atoms with E-state index in [-0.39, 0.29) is 0 Å². The van der Waals surface area contributed by atoms with Crippen molar-refractivity contribution in [2.75, 3.05) is 0 Å². The van der Waals surface area contributed by atoms with Gasteiger partial charge in [-0.05, 0) is 5.56 Å². The molecule has 0 bridgehead atoms. The lowest BCUT2D eigenvalue weighted by molar-refractivity contribution is 0.187. The fraction of sp³-hybridized carbons (Fsp3) is 0.250. The molecule has 0 saturated carbocycles. The zero-order valence-corrected chi connectivity index (χ0v) is 5.45. The van der Waals surface area contributed by atoms with Crippen LogP contribution in [-0.2, 0) is 11.4 Å². The summed E-state index contributed by atoms with van der Waals surface area (Å²) >= 11 is 0. The monoisotopic (exact) mass is 133 g/mol. The number of hydrogen-bond acceptors (Lipinski definition) is 2. The van der Waals surface area contributed by atoms with Gasteiger partial charge in [-0.25, -0.2) is 0 Å². The minimum Gasteiger partial charge on any atom is -0.270 e. The molecule has 3 rings (SSSR count). The molecule has 1 saturated heterocycles. The van der Waals surface area contributed by atoms with Gasteiger partial charge in [-0.2, -0.15) is 0 Å². The summed E-state index contributed by atoms with van der Waals surface area (Å²) in [7, 11) is 0. The van der Waals surface area contributed by atoms with Crippen molar-refractivity contribution in [3.05, 3.63) is 35.4 Å². The van der Waals surface area contributed by atoms with Gasteiger partial charge in [-0.15, -0.1) is 5.06 Å². The molecule has 50 valence electrons. The van der Waals surface area contributed by atoms with Crippen LogP contribution in [0.5, 0.6) is 0 Å². The molecule has 0 amide bonds. The van der Waals surface area contributed by atoms with Gasteiger partial charge >= 0.3 is 0 Å². The molecule has 2 unspecified atom stereocenters. The first-order valence-electron chi connectivity index (χ1n) is 3.46. The van der Waals surface area contributed by atoms with E-state index in [1.807, 2.05) is 5.06 Å². The second kappa shape index (κ2) is 1.41. The van der Waals surface area contributed by atoms with Crippen LogP contribution in [0.15, 0.2) is 24.3 Å². The predicted octanol–water partition coefficient (Wildman–Crippen LogP) is 1.45. The summed E-state index contributed by atoms with van der Waals surface area (Å²) < 4.78 is 0. The Labute approximate surface area is 59.0 Å². The molecule has 2 nitrogen and oxygen atoms in total. The Morgan fingerprint density at radius 3 is 3.20 bits per heavy atom. The summed E-state index contributed by atoms with van der Waals surface area (Å²) in [6.07, 6.45) is 0.302. The SMILES string of the molecule is c1ccc2c(c1)CN1OC21. The van der Waals surface area contributed by atoms with E-state index in [9.17, 15) is 0 Å². The summed E-state index contributed by atoms with van der Waals surface area (Å²) in [5.74, 6) is 0. The molecule has 1 fully saturated rings. The molecule has 1 aromatic carbocycles. The van der Waals surface area contributed by atoms with Crippen LogP contribution in [0, 0.1) is 0 Å². The molecule has 0 radical (unpaired) electrons. The third-order valence-electron chi connectivity index (χ3n) is 2.10. The Bertz CT molecular complexity index is 284. The number of hydroxylamine groups is 2. The molecule has 2 heteroatoms. The topological polar surface area (TPSA) is 15.5 Å². The fourth-order valence-corrected chi connectivity index (χ4v) is 1.52. The summed E-state index contributed by atoms with van der Waals surface area (Å²) in [5.41, 5.74) is 2.77. The highest BCUT2D eigenvalue weighted by molar-refractivity contribution is 5.34. The number of hydrogen-bond donors (Lipinski definition) is 0. The van der Waals surface area contributed by atoms with Gasteiger partial charge in [0.25, 0.3) is 0 Å². The molecule has 0 aliphatic carbocycles. The van der Waals surface area contributed by atoms with Crippen LogP contribution in [0.2, 0.25) is 0 Å². The Hall–Kier alpha value is -0.860. The highest BCUT2D eigenvalue weighted by Gasteiger charge is 2.44. The minimum atomic E-state index is 0.302. The maximum Gasteiger partial charge on any atom is 0.180 e. The van der Waals surface area contributed by atoms with Gasteiger partial charge in [0.2, 0.25) is 0 Å². The van der Waals surface area contributed by atoms with Crippen molar-refractivity contribution in [2.24, 2.45) is 0 Å². The Balaban J connectivity index is 2.22. The third kappa shape index (κ3) is 0.462. The normalized spacial score (nSPS) is 33.2. The molecule has 10 heavy (non-hydrogen) atoms. The van der Waals surface area contributed by atoms with Crippen LogP contribution in [0.3, 0.4) is 0 Å². The average molecular weight is 133 g/mol. The van der Waals surface area contributed by atoms with Crippen LogP contribution in [-0.4, -0.2) is 5.06 Å². The summed E-state index contributed by atoms with van der Waals surface area (Å²) in [6, 6.07) is 8.42. The first kappa shape index (κ1) is 4.88. The molecule has 2 heterocycles. The van der Waals surface area contributed by atoms with Gasteiger partial charge in [0.1, 0.15) is 0 Å². The van der Waals surface area contributed by atoms with Crippen LogP contribution in [0.4, 0.5) is 0 Å². The van der Waals surface area contributed by atoms with Crippen molar-refractivity contribution in [3.8, 4) is 0 Å². The zero-order valence-electron chi connectivity index (χ0n) is 5.45. The number of benzene rings is 1. The van der Waals surface area contributed by atoms with Gasteiger partial charge < -0.3 is 0 Å². The van der Waals surface area contributed by atoms with E-state index in [1.54, 1.807) is 0 Å². The summed E-state index contributed by atoms with van der Waals surface area (Å²) in [5, 5.41) is 1.99. The lowest BCUT2D eigenvalue weighted by atomic mass is 10.1. The third-order valence-corrected chi connectivity index (χ3v) is 2.10. The number of nitrogens with zero attached hydrogens (tertiary/aromatic N) is 1. The maximum atomic E-state index is 5.21. The molecule has 2 atom stereocenters. The molecular weight excluding hydrogens is 126 g/mol.